The number of hydrogen-bond donors (Lipinski definition) is 0. The van der Waals surface area contributed by atoms with Crippen LogP contribution in [-0.2, 0) is 43.3 Å². The van der Waals surface area contributed by atoms with Crippen LogP contribution in [-0.4, -0.2) is 19.8 Å². The predicted molar refractivity (Wildman–Crippen MR) is 246 cm³/mol. The maximum Gasteiger partial charge on any atom is -0.412 e. The molecule has 0 saturated carbocycles. The van der Waals surface area contributed by atoms with E-state index in [2.05, 4.69) is 135 Å². The molecule has 1 radical (unpaired) electrons. The summed E-state index contributed by atoms with van der Waals surface area (Å²) in [7, 11) is 0. The Hall–Kier alpha value is -2.11. The van der Waals surface area contributed by atoms with Crippen molar-refractivity contribution in [2.45, 2.75) is 231 Å². The standard InChI is InChI=1S/C53H78GeNO.H2O/c1-17-50(18-2)31-46(9,10)40-35(50)29-36-41(47(11,12)32-51(36,19-3)20-4)44(40)54(39-27-25-26-28-55(39)56)45-42-37(52(21-5,22-6)33-48(42,13)14)30-38-43(45)49(15,16)34-53(38,23-7)24-8;/h25-30H,17-24,31-34H2,1-16H3;1H2. The van der Waals surface area contributed by atoms with Gasteiger partial charge in [0.15, 0.2) is 0 Å². The molecule has 0 atom stereocenters. The van der Waals surface area contributed by atoms with Crippen molar-refractivity contribution >= 4 is 27.7 Å². The summed E-state index contributed by atoms with van der Waals surface area (Å²) < 4.78 is 5.83. The van der Waals surface area contributed by atoms with Crippen LogP contribution in [0.25, 0.3) is 0 Å². The maximum absolute atomic E-state index is 15.0. The Morgan fingerprint density at radius 2 is 0.737 bits per heavy atom. The van der Waals surface area contributed by atoms with Crippen molar-refractivity contribution in [2.75, 3.05) is 0 Å². The third-order valence-electron chi connectivity index (χ3n) is 17.8. The van der Waals surface area contributed by atoms with E-state index in [1.807, 2.05) is 12.3 Å². The summed E-state index contributed by atoms with van der Waals surface area (Å²) in [6, 6.07) is 12.1. The van der Waals surface area contributed by atoms with Crippen molar-refractivity contribution in [3.05, 3.63) is 86.2 Å². The van der Waals surface area contributed by atoms with Crippen LogP contribution in [0.15, 0.2) is 36.5 Å². The molecule has 0 spiro atoms. The number of aromatic nitrogens is 1. The van der Waals surface area contributed by atoms with Crippen LogP contribution < -0.4 is 18.0 Å². The fourth-order valence-corrected chi connectivity index (χ4v) is 23.8. The molecule has 313 valence electrons. The van der Waals surface area contributed by atoms with Crippen LogP contribution in [0.4, 0.5) is 0 Å². The summed E-state index contributed by atoms with van der Waals surface area (Å²) in [5.74, 6) is 0. The molecule has 0 bridgehead atoms. The molecule has 57 heavy (non-hydrogen) atoms. The van der Waals surface area contributed by atoms with Gasteiger partial charge in [0.2, 0.25) is 0 Å². The van der Waals surface area contributed by atoms with Crippen molar-refractivity contribution in [2.24, 2.45) is 0 Å². The molecular formula is C53H80GeNO2. The summed E-state index contributed by atoms with van der Waals surface area (Å²) >= 11 is -3.00. The molecule has 1 aromatic heterocycles. The van der Waals surface area contributed by atoms with E-state index in [0.29, 0.717) is 0 Å². The first-order valence-corrected chi connectivity index (χ1v) is 26.3. The average molecular weight is 836 g/mol. The van der Waals surface area contributed by atoms with Gasteiger partial charge in [0.05, 0.1) is 0 Å². The molecule has 7 rings (SSSR count). The number of benzene rings is 2. The Morgan fingerprint density at radius 3 is 0.965 bits per heavy atom. The van der Waals surface area contributed by atoms with E-state index in [1.54, 1.807) is 53.3 Å². The second-order valence-electron chi connectivity index (χ2n) is 22.2. The zero-order valence-electron chi connectivity index (χ0n) is 39.3. The van der Waals surface area contributed by atoms with Gasteiger partial charge in [0.1, 0.15) is 0 Å². The van der Waals surface area contributed by atoms with Crippen molar-refractivity contribution in [1.82, 2.24) is 0 Å². The first-order valence-electron chi connectivity index (χ1n) is 23.2. The predicted octanol–water partition coefficient (Wildman–Crippen LogP) is 11.0. The molecule has 3 aromatic rings. The van der Waals surface area contributed by atoms with Gasteiger partial charge < -0.3 is 5.48 Å². The van der Waals surface area contributed by atoms with E-state index >= 15 is 0 Å². The Morgan fingerprint density at radius 1 is 0.474 bits per heavy atom. The molecule has 1 heterocycles. The largest absolute Gasteiger partial charge is 0.412 e. The van der Waals surface area contributed by atoms with Crippen LogP contribution in [0.1, 0.15) is 232 Å². The van der Waals surface area contributed by atoms with Crippen molar-refractivity contribution in [3.63, 3.8) is 0 Å². The fourth-order valence-electron chi connectivity index (χ4n) is 15.0. The topological polar surface area (TPSA) is 58.4 Å². The Kier molecular flexibility index (Phi) is 11.1. The van der Waals surface area contributed by atoms with Gasteiger partial charge in [-0.2, -0.15) is 0 Å². The summed E-state index contributed by atoms with van der Waals surface area (Å²) in [5.41, 5.74) is 13.8. The molecule has 0 fully saturated rings. The fraction of sp³-hybridized carbons (Fsp3) is 0.679. The normalized spacial score (nSPS) is 22.8. The first kappa shape index (κ1) is 44.4. The summed E-state index contributed by atoms with van der Waals surface area (Å²) in [4.78, 5) is 0. The number of hydrogen-bond acceptors (Lipinski definition) is 1. The number of pyridine rings is 1. The molecule has 2 N–H and O–H groups in total. The molecule has 4 aliphatic rings. The van der Waals surface area contributed by atoms with E-state index in [4.69, 9.17) is 0 Å². The molecule has 4 aliphatic carbocycles. The summed E-state index contributed by atoms with van der Waals surface area (Å²) in [6.07, 6.45) is 15.9. The van der Waals surface area contributed by atoms with Gasteiger partial charge in [-0.15, -0.1) is 0 Å². The van der Waals surface area contributed by atoms with Crippen LogP contribution in [0.3, 0.4) is 0 Å². The third kappa shape index (κ3) is 5.90. The van der Waals surface area contributed by atoms with Gasteiger partial charge in [-0.05, 0) is 0 Å². The third-order valence-corrected chi connectivity index (χ3v) is 23.8. The molecular weight excluding hydrogens is 755 g/mol. The summed E-state index contributed by atoms with van der Waals surface area (Å²) in [5, 5.41) is 15.0. The number of fused-ring (bicyclic) bond motifs is 4. The summed E-state index contributed by atoms with van der Waals surface area (Å²) in [6.45, 7) is 40.4. The molecule has 0 saturated heterocycles. The van der Waals surface area contributed by atoms with E-state index < -0.39 is 14.3 Å². The Balaban J connectivity index is 0.00000549. The van der Waals surface area contributed by atoms with E-state index in [9.17, 15) is 5.21 Å². The second kappa shape index (κ2) is 14.2. The quantitative estimate of drug-likeness (QED) is 0.108. The van der Waals surface area contributed by atoms with E-state index in [1.165, 1.54) is 30.4 Å². The van der Waals surface area contributed by atoms with Gasteiger partial charge in [0.25, 0.3) is 0 Å². The van der Waals surface area contributed by atoms with Crippen LogP contribution >= 0.6 is 0 Å². The maximum atomic E-state index is 15.0. The van der Waals surface area contributed by atoms with Gasteiger partial charge in [-0.25, -0.2) is 0 Å². The van der Waals surface area contributed by atoms with Crippen molar-refractivity contribution < 1.29 is 10.2 Å². The first-order chi connectivity index (χ1) is 26.1. The minimum atomic E-state index is -3.00. The van der Waals surface area contributed by atoms with E-state index in [-0.39, 0.29) is 48.8 Å². The van der Waals surface area contributed by atoms with Gasteiger partial charge in [-0.3, -0.25) is 0 Å². The minimum absolute atomic E-state index is 0. The molecule has 0 unspecified atom stereocenters. The van der Waals surface area contributed by atoms with Crippen LogP contribution in [0.2, 0.25) is 0 Å². The minimum Gasteiger partial charge on any atom is -0.412 e. The van der Waals surface area contributed by atoms with Gasteiger partial charge in [-0.1, -0.05) is 0 Å². The zero-order valence-corrected chi connectivity index (χ0v) is 41.4. The van der Waals surface area contributed by atoms with Crippen molar-refractivity contribution in [3.8, 4) is 0 Å². The smallest absolute Gasteiger partial charge is 0.412 e. The van der Waals surface area contributed by atoms with Crippen LogP contribution in [0.5, 0.6) is 0 Å². The second-order valence-corrected chi connectivity index (χ2v) is 26.9. The van der Waals surface area contributed by atoms with Gasteiger partial charge in [0, 0.05) is 0 Å². The molecule has 4 heteroatoms. The van der Waals surface area contributed by atoms with Crippen molar-refractivity contribution in [1.29, 1.82) is 0 Å². The molecule has 0 aliphatic heterocycles. The number of rotatable bonds is 11. The Labute approximate surface area is 353 Å². The van der Waals surface area contributed by atoms with Gasteiger partial charge >= 0.3 is 350 Å². The molecule has 0 amide bonds. The van der Waals surface area contributed by atoms with Crippen LogP contribution in [0, 0.1) is 5.21 Å². The SMILES string of the molecule is CCC1(CC)CC(C)(C)c2c1cc1c([c]2[Ge]([c]2c3c(cc4c2C(C)(C)CC4(CC)CC)C(CC)(CC)CC3(C)C)[c]2cccc[n+]2[O-])C(C)(C)CC1(CC)CC.O. The van der Waals surface area contributed by atoms with E-state index in [0.717, 1.165) is 55.9 Å². The molecule has 3 nitrogen and oxygen atoms in total. The average Bonchev–Trinajstić information content (AvgIpc) is 3.74. The zero-order chi connectivity index (χ0) is 41.2. The number of nitrogens with zero attached hydrogens (tertiary/aromatic N) is 1. The molecule has 2 aromatic carbocycles. The Bertz CT molecular complexity index is 1800. The monoisotopic (exact) mass is 837 g/mol.